The molecule has 1 aliphatic rings. The highest BCUT2D eigenvalue weighted by atomic mass is 32.2. The van der Waals surface area contributed by atoms with Crippen LogP contribution in [0.25, 0.3) is 0 Å². The average molecular weight is 514 g/mol. The molecule has 0 spiro atoms. The normalized spacial score (nSPS) is 17.3. The Balaban J connectivity index is 2.67. The predicted octanol–water partition coefficient (Wildman–Crippen LogP) is 0.307. The number of carbonyl (C=O) groups is 5. The quantitative estimate of drug-likeness (QED) is 0.247. The number of ketones is 1. The second-order valence-electron chi connectivity index (χ2n) is 9.43. The minimum absolute atomic E-state index is 0.0812. The van der Waals surface area contributed by atoms with Crippen molar-refractivity contribution in [1.82, 2.24) is 26.2 Å². The maximum atomic E-state index is 13.0. The summed E-state index contributed by atoms with van der Waals surface area (Å²) in [5.41, 5.74) is 0. The van der Waals surface area contributed by atoms with Crippen LogP contribution in [0.5, 0.6) is 0 Å². The molecule has 4 amide bonds. The number of hydrogen-bond acceptors (Lipinski definition) is 7. The number of Topliss-reactive ketones (excluding diaryl/α,β-unsaturated/α-hetero) is 1. The third kappa shape index (κ3) is 10.2. The Kier molecular flexibility index (Phi) is 13.9. The molecule has 3 atom stereocenters. The van der Waals surface area contributed by atoms with Crippen molar-refractivity contribution < 1.29 is 24.0 Å². The number of carbonyl (C=O) groups excluding carboxylic acids is 5. The second-order valence-corrected chi connectivity index (χ2v) is 10.4. The molecule has 0 radical (unpaired) electrons. The van der Waals surface area contributed by atoms with Crippen LogP contribution < -0.4 is 21.3 Å². The third-order valence-electron chi connectivity index (χ3n) is 5.96. The molecule has 0 aliphatic carbocycles. The van der Waals surface area contributed by atoms with Crippen molar-refractivity contribution in [2.45, 2.75) is 72.0 Å². The zero-order valence-electron chi connectivity index (χ0n) is 21.9. The van der Waals surface area contributed by atoms with E-state index < -0.39 is 23.9 Å². The first-order valence-electron chi connectivity index (χ1n) is 12.4. The molecule has 35 heavy (non-hydrogen) atoms. The van der Waals surface area contributed by atoms with E-state index in [1.54, 1.807) is 18.7 Å². The first-order chi connectivity index (χ1) is 16.5. The summed E-state index contributed by atoms with van der Waals surface area (Å²) >= 11 is 1.54. The van der Waals surface area contributed by atoms with Crippen LogP contribution in [0.4, 0.5) is 0 Å². The maximum absolute atomic E-state index is 13.0. The topological polar surface area (TPSA) is 137 Å². The molecule has 200 valence electrons. The number of nitrogens with zero attached hydrogens (tertiary/aromatic N) is 1. The van der Waals surface area contributed by atoms with Gasteiger partial charge in [0.25, 0.3) is 0 Å². The Morgan fingerprint density at radius 3 is 2.29 bits per heavy atom. The summed E-state index contributed by atoms with van der Waals surface area (Å²) in [6, 6.07) is -1.79. The smallest absolute Gasteiger partial charge is 0.243 e. The van der Waals surface area contributed by atoms with Crippen molar-refractivity contribution in [3.05, 3.63) is 0 Å². The van der Waals surface area contributed by atoms with Crippen LogP contribution in [-0.4, -0.2) is 90.6 Å². The summed E-state index contributed by atoms with van der Waals surface area (Å²) < 4.78 is 0. The number of hydrogen-bond donors (Lipinski definition) is 4. The highest BCUT2D eigenvalue weighted by Gasteiger charge is 2.37. The van der Waals surface area contributed by atoms with Gasteiger partial charge in [-0.15, -0.1) is 0 Å². The standard InChI is InChI=1S/C24H43N5O5S/c1-7-25-21(16(4)5)24(34)29-11-8-9-18(29)23(33)27-14-20(31)28-17(10-12-35-6)22(32)26-13-19(30)15(2)3/h15-18,21,25H,7-14H2,1-6H3,(H,26,32)(H,27,33)(H,28,31)/t17?,18-,21-/m0/s1. The van der Waals surface area contributed by atoms with Crippen LogP contribution in [0.3, 0.4) is 0 Å². The molecule has 0 aromatic heterocycles. The van der Waals surface area contributed by atoms with Gasteiger partial charge in [-0.2, -0.15) is 11.8 Å². The van der Waals surface area contributed by atoms with E-state index in [1.165, 1.54) is 11.8 Å². The Morgan fingerprint density at radius 1 is 1.03 bits per heavy atom. The molecular weight excluding hydrogens is 470 g/mol. The van der Waals surface area contributed by atoms with Crippen LogP contribution >= 0.6 is 11.8 Å². The molecule has 1 aliphatic heterocycles. The van der Waals surface area contributed by atoms with Gasteiger partial charge in [0.15, 0.2) is 5.78 Å². The number of likely N-dealkylation sites (tertiary alicyclic amines) is 1. The zero-order valence-corrected chi connectivity index (χ0v) is 22.8. The summed E-state index contributed by atoms with van der Waals surface area (Å²) in [4.78, 5) is 64.3. The number of likely N-dealkylation sites (N-methyl/N-ethyl adjacent to an activating group) is 1. The molecule has 10 nitrogen and oxygen atoms in total. The van der Waals surface area contributed by atoms with Gasteiger partial charge in [-0.05, 0) is 43.7 Å². The van der Waals surface area contributed by atoms with Crippen molar-refractivity contribution >= 4 is 41.2 Å². The first kappa shape index (κ1) is 30.9. The first-order valence-corrected chi connectivity index (χ1v) is 13.8. The van der Waals surface area contributed by atoms with Crippen molar-refractivity contribution in [1.29, 1.82) is 0 Å². The lowest BCUT2D eigenvalue weighted by molar-refractivity contribution is -0.141. The largest absolute Gasteiger partial charge is 0.347 e. The van der Waals surface area contributed by atoms with Crippen molar-refractivity contribution in [3.8, 4) is 0 Å². The fourth-order valence-electron chi connectivity index (χ4n) is 3.85. The van der Waals surface area contributed by atoms with E-state index >= 15 is 0 Å². The monoisotopic (exact) mass is 513 g/mol. The van der Waals surface area contributed by atoms with Gasteiger partial charge in [-0.25, -0.2) is 0 Å². The SMILES string of the molecule is CCN[C@H](C(=O)N1CCC[C@H]1C(=O)NCC(=O)NC(CCSC)C(=O)NCC(=O)C(C)C)C(C)C. The van der Waals surface area contributed by atoms with Crippen LogP contribution in [-0.2, 0) is 24.0 Å². The number of rotatable bonds is 15. The average Bonchev–Trinajstić information content (AvgIpc) is 3.31. The van der Waals surface area contributed by atoms with Crippen LogP contribution in [0.1, 0.15) is 53.9 Å². The summed E-state index contributed by atoms with van der Waals surface area (Å²) in [5, 5.41) is 11.1. The summed E-state index contributed by atoms with van der Waals surface area (Å²) in [5.74, 6) is -0.971. The second kappa shape index (κ2) is 15.8. The van der Waals surface area contributed by atoms with E-state index in [-0.39, 0.29) is 48.6 Å². The fourth-order valence-corrected chi connectivity index (χ4v) is 4.32. The van der Waals surface area contributed by atoms with E-state index in [9.17, 15) is 24.0 Å². The summed E-state index contributed by atoms with van der Waals surface area (Å²) in [7, 11) is 0. The fraction of sp³-hybridized carbons (Fsp3) is 0.792. The minimum atomic E-state index is -0.803. The number of amides is 4. The molecular formula is C24H43N5O5S. The van der Waals surface area contributed by atoms with Gasteiger partial charge in [0, 0.05) is 12.5 Å². The Bertz CT molecular complexity index is 746. The molecule has 0 aromatic rings. The van der Waals surface area contributed by atoms with Gasteiger partial charge < -0.3 is 26.2 Å². The van der Waals surface area contributed by atoms with Gasteiger partial charge in [0.2, 0.25) is 23.6 Å². The van der Waals surface area contributed by atoms with Crippen LogP contribution in [0.2, 0.25) is 0 Å². The highest BCUT2D eigenvalue weighted by molar-refractivity contribution is 7.98. The lowest BCUT2D eigenvalue weighted by Gasteiger charge is -2.30. The van der Waals surface area contributed by atoms with Crippen molar-refractivity contribution in [2.75, 3.05) is 38.2 Å². The molecule has 1 fully saturated rings. The molecule has 1 saturated heterocycles. The predicted molar refractivity (Wildman–Crippen MR) is 138 cm³/mol. The molecule has 1 rings (SSSR count). The van der Waals surface area contributed by atoms with Gasteiger partial charge in [0.05, 0.1) is 19.1 Å². The molecule has 0 aromatic carbocycles. The zero-order chi connectivity index (χ0) is 26.5. The van der Waals surface area contributed by atoms with E-state index in [2.05, 4.69) is 21.3 Å². The van der Waals surface area contributed by atoms with Crippen LogP contribution in [0.15, 0.2) is 0 Å². The Morgan fingerprint density at radius 2 is 1.71 bits per heavy atom. The molecule has 4 N–H and O–H groups in total. The minimum Gasteiger partial charge on any atom is -0.347 e. The van der Waals surface area contributed by atoms with E-state index in [4.69, 9.17) is 0 Å². The van der Waals surface area contributed by atoms with Gasteiger partial charge in [0.1, 0.15) is 12.1 Å². The lowest BCUT2D eigenvalue weighted by Crippen LogP contribution is -2.55. The Labute approximate surface area is 213 Å². The van der Waals surface area contributed by atoms with E-state index in [0.717, 1.165) is 6.42 Å². The van der Waals surface area contributed by atoms with E-state index in [0.29, 0.717) is 31.7 Å². The molecule has 0 saturated carbocycles. The Hall–Kier alpha value is -2.14. The van der Waals surface area contributed by atoms with Gasteiger partial charge in [-0.3, -0.25) is 24.0 Å². The van der Waals surface area contributed by atoms with E-state index in [1.807, 2.05) is 27.0 Å². The van der Waals surface area contributed by atoms with Crippen LogP contribution in [0, 0.1) is 11.8 Å². The maximum Gasteiger partial charge on any atom is 0.243 e. The van der Waals surface area contributed by atoms with Crippen molar-refractivity contribution in [2.24, 2.45) is 11.8 Å². The summed E-state index contributed by atoms with van der Waals surface area (Å²) in [6.07, 6.45) is 3.56. The van der Waals surface area contributed by atoms with Gasteiger partial charge >= 0.3 is 0 Å². The van der Waals surface area contributed by atoms with Crippen molar-refractivity contribution in [3.63, 3.8) is 0 Å². The molecule has 0 bridgehead atoms. The highest BCUT2D eigenvalue weighted by Crippen LogP contribution is 2.20. The summed E-state index contributed by atoms with van der Waals surface area (Å²) in [6.45, 7) is 10.1. The molecule has 11 heteroatoms. The third-order valence-corrected chi connectivity index (χ3v) is 6.61. The van der Waals surface area contributed by atoms with Gasteiger partial charge in [-0.1, -0.05) is 34.6 Å². The number of nitrogens with one attached hydrogen (secondary N) is 4. The lowest BCUT2D eigenvalue weighted by atomic mass is 10.0. The molecule has 1 unspecified atom stereocenters. The number of thioether (sulfide) groups is 1. The molecule has 1 heterocycles.